The first-order chi connectivity index (χ1) is 12.4. The number of carbonyl (C=O) groups excluding carboxylic acids is 1. The monoisotopic (exact) mass is 361 g/mol. The summed E-state index contributed by atoms with van der Waals surface area (Å²) in [5.74, 6) is 0.250. The van der Waals surface area contributed by atoms with E-state index in [2.05, 4.69) is 9.88 Å². The molecule has 0 unspecified atom stereocenters. The van der Waals surface area contributed by atoms with Crippen molar-refractivity contribution in [2.75, 3.05) is 29.4 Å². The normalized spacial score (nSPS) is 17.2. The van der Waals surface area contributed by atoms with Crippen molar-refractivity contribution in [3.63, 3.8) is 0 Å². The van der Waals surface area contributed by atoms with Gasteiger partial charge in [0.1, 0.15) is 0 Å². The molecule has 1 aromatic carbocycles. The number of nitrogens with zero attached hydrogens (tertiary/aromatic N) is 3. The van der Waals surface area contributed by atoms with Gasteiger partial charge in [-0.15, -0.1) is 0 Å². The molecule has 0 radical (unpaired) electrons. The minimum absolute atomic E-state index is 0.0507. The lowest BCUT2D eigenvalue weighted by Gasteiger charge is -2.38. The highest BCUT2D eigenvalue weighted by Gasteiger charge is 2.34. The number of aromatic nitrogens is 1. The van der Waals surface area contributed by atoms with Crippen LogP contribution in [0.1, 0.15) is 28.8 Å². The molecular weight excluding hydrogens is 343 g/mol. The van der Waals surface area contributed by atoms with Gasteiger partial charge in [0, 0.05) is 32.0 Å². The van der Waals surface area contributed by atoms with E-state index in [9.17, 15) is 18.0 Å². The molecule has 4 nitrogen and oxygen atoms in total. The topological polar surface area (TPSA) is 36.4 Å². The second-order valence-electron chi connectivity index (χ2n) is 6.79. The Bertz CT molecular complexity index is 833. The number of alkyl halides is 3. The van der Waals surface area contributed by atoms with E-state index in [0.29, 0.717) is 19.0 Å². The van der Waals surface area contributed by atoms with Crippen LogP contribution < -0.4 is 9.80 Å². The van der Waals surface area contributed by atoms with Gasteiger partial charge in [-0.2, -0.15) is 13.2 Å². The van der Waals surface area contributed by atoms with Gasteiger partial charge in [-0.3, -0.25) is 9.78 Å². The van der Waals surface area contributed by atoms with Crippen molar-refractivity contribution in [1.29, 1.82) is 0 Å². The molecule has 4 rings (SSSR count). The molecule has 0 saturated heterocycles. The molecule has 0 N–H and O–H groups in total. The van der Waals surface area contributed by atoms with Crippen LogP contribution in [-0.2, 0) is 6.18 Å². The van der Waals surface area contributed by atoms with Crippen LogP contribution in [0, 0.1) is 5.92 Å². The number of amides is 1. The maximum Gasteiger partial charge on any atom is 0.417 e. The van der Waals surface area contributed by atoms with Crippen LogP contribution in [0.15, 0.2) is 42.7 Å². The van der Waals surface area contributed by atoms with E-state index in [1.54, 1.807) is 4.90 Å². The van der Waals surface area contributed by atoms with Crippen LogP contribution >= 0.6 is 0 Å². The number of carbonyl (C=O) groups is 1. The van der Waals surface area contributed by atoms with Gasteiger partial charge < -0.3 is 9.80 Å². The Labute approximate surface area is 149 Å². The van der Waals surface area contributed by atoms with Crippen molar-refractivity contribution in [2.45, 2.75) is 19.0 Å². The zero-order chi connectivity index (χ0) is 18.3. The molecule has 2 aromatic rings. The molecule has 2 aliphatic rings. The smallest absolute Gasteiger partial charge is 0.368 e. The van der Waals surface area contributed by atoms with Crippen molar-refractivity contribution in [2.24, 2.45) is 5.92 Å². The number of hydrogen-bond donors (Lipinski definition) is 0. The summed E-state index contributed by atoms with van der Waals surface area (Å²) in [6.45, 7) is 2.08. The third-order valence-electron chi connectivity index (χ3n) is 4.84. The lowest BCUT2D eigenvalue weighted by molar-refractivity contribution is -0.137. The zero-order valence-electron chi connectivity index (χ0n) is 14.0. The molecule has 2 heterocycles. The Hall–Kier alpha value is -2.57. The number of para-hydroxylation sites is 2. The Morgan fingerprint density at radius 1 is 1.12 bits per heavy atom. The largest absolute Gasteiger partial charge is 0.417 e. The summed E-state index contributed by atoms with van der Waals surface area (Å²) in [4.78, 5) is 20.3. The molecule has 1 amide bonds. The summed E-state index contributed by atoms with van der Waals surface area (Å²) in [5.41, 5.74) is 0.732. The predicted molar refractivity (Wildman–Crippen MR) is 92.3 cm³/mol. The van der Waals surface area contributed by atoms with E-state index in [1.165, 1.54) is 19.0 Å². The fourth-order valence-corrected chi connectivity index (χ4v) is 3.30. The molecule has 136 valence electrons. The number of rotatable bonds is 3. The lowest BCUT2D eigenvalue weighted by Crippen LogP contribution is -2.44. The zero-order valence-corrected chi connectivity index (χ0v) is 14.0. The maximum absolute atomic E-state index is 12.9. The number of pyridine rings is 1. The van der Waals surface area contributed by atoms with Crippen molar-refractivity contribution in [3.05, 3.63) is 53.9 Å². The molecule has 1 aromatic heterocycles. The van der Waals surface area contributed by atoms with E-state index >= 15 is 0 Å². The second-order valence-corrected chi connectivity index (χ2v) is 6.79. The van der Waals surface area contributed by atoms with Crippen LogP contribution in [-0.4, -0.2) is 30.5 Å². The van der Waals surface area contributed by atoms with E-state index in [1.807, 2.05) is 24.3 Å². The van der Waals surface area contributed by atoms with Crippen LogP contribution in [0.4, 0.5) is 24.5 Å². The quantitative estimate of drug-likeness (QED) is 0.830. The predicted octanol–water partition coefficient (Wildman–Crippen LogP) is 3.98. The third kappa shape index (κ3) is 3.25. The lowest BCUT2D eigenvalue weighted by atomic mass is 10.1. The minimum Gasteiger partial charge on any atom is -0.368 e. The number of benzene rings is 1. The molecule has 1 aliphatic carbocycles. The average molecular weight is 361 g/mol. The highest BCUT2D eigenvalue weighted by molar-refractivity contribution is 6.08. The van der Waals surface area contributed by atoms with E-state index < -0.39 is 17.6 Å². The van der Waals surface area contributed by atoms with E-state index in [4.69, 9.17) is 0 Å². The van der Waals surface area contributed by atoms with Crippen LogP contribution in [0.2, 0.25) is 0 Å². The first kappa shape index (κ1) is 16.9. The average Bonchev–Trinajstić information content (AvgIpc) is 3.45. The van der Waals surface area contributed by atoms with E-state index in [-0.39, 0.29) is 5.56 Å². The summed E-state index contributed by atoms with van der Waals surface area (Å²) in [5, 5.41) is 0. The summed E-state index contributed by atoms with van der Waals surface area (Å²) in [6, 6.07) is 8.42. The Morgan fingerprint density at radius 2 is 1.85 bits per heavy atom. The Balaban J connectivity index is 1.64. The molecule has 1 saturated carbocycles. The van der Waals surface area contributed by atoms with Crippen LogP contribution in [0.3, 0.4) is 0 Å². The van der Waals surface area contributed by atoms with Crippen molar-refractivity contribution in [1.82, 2.24) is 4.98 Å². The number of fused-ring (bicyclic) bond motifs is 1. The van der Waals surface area contributed by atoms with Crippen LogP contribution in [0.5, 0.6) is 0 Å². The highest BCUT2D eigenvalue weighted by atomic mass is 19.4. The molecule has 0 atom stereocenters. The molecule has 0 bridgehead atoms. The molecule has 7 heteroatoms. The van der Waals surface area contributed by atoms with E-state index in [0.717, 1.165) is 30.2 Å². The molecule has 1 fully saturated rings. The fraction of sp³-hybridized carbons (Fsp3) is 0.368. The van der Waals surface area contributed by atoms with Gasteiger partial charge in [-0.05, 0) is 37.0 Å². The van der Waals surface area contributed by atoms with Gasteiger partial charge in [0.15, 0.2) is 0 Å². The summed E-state index contributed by atoms with van der Waals surface area (Å²) < 4.78 is 38.8. The number of hydrogen-bond acceptors (Lipinski definition) is 3. The summed E-state index contributed by atoms with van der Waals surface area (Å²) in [7, 11) is 0. The van der Waals surface area contributed by atoms with Gasteiger partial charge in [0.25, 0.3) is 5.91 Å². The van der Waals surface area contributed by atoms with Gasteiger partial charge in [-0.25, -0.2) is 0 Å². The van der Waals surface area contributed by atoms with Crippen molar-refractivity contribution >= 4 is 17.3 Å². The summed E-state index contributed by atoms with van der Waals surface area (Å²) in [6.07, 6.45) is -0.131. The molecule has 26 heavy (non-hydrogen) atoms. The standard InChI is InChI=1S/C19H18F3N3O/c20-19(21,22)15-9-14(10-23-11-15)18(26)25-8-7-24(12-13-5-6-13)16-3-1-2-4-17(16)25/h1-4,9-11,13H,5-8,12H2. The Morgan fingerprint density at radius 3 is 2.54 bits per heavy atom. The first-order valence-electron chi connectivity index (χ1n) is 8.61. The van der Waals surface area contributed by atoms with Gasteiger partial charge in [-0.1, -0.05) is 12.1 Å². The molecule has 0 spiro atoms. The fourth-order valence-electron chi connectivity index (χ4n) is 3.30. The first-order valence-corrected chi connectivity index (χ1v) is 8.61. The van der Waals surface area contributed by atoms with Gasteiger partial charge in [0.05, 0.1) is 22.5 Å². The van der Waals surface area contributed by atoms with Gasteiger partial charge in [0.2, 0.25) is 0 Å². The third-order valence-corrected chi connectivity index (χ3v) is 4.84. The molecule has 1 aliphatic heterocycles. The maximum atomic E-state index is 12.9. The minimum atomic E-state index is -4.52. The second kappa shape index (κ2) is 6.30. The number of halogens is 3. The number of anilines is 2. The Kier molecular flexibility index (Phi) is 4.09. The SMILES string of the molecule is O=C(c1cncc(C(F)(F)F)c1)N1CCN(CC2CC2)c2ccccc21. The summed E-state index contributed by atoms with van der Waals surface area (Å²) >= 11 is 0. The van der Waals surface area contributed by atoms with Gasteiger partial charge >= 0.3 is 6.18 Å². The molecular formula is C19H18F3N3O. The van der Waals surface area contributed by atoms with Crippen molar-refractivity contribution < 1.29 is 18.0 Å². The highest BCUT2D eigenvalue weighted by Crippen LogP contribution is 2.38. The van der Waals surface area contributed by atoms with Crippen LogP contribution in [0.25, 0.3) is 0 Å². The van der Waals surface area contributed by atoms with Crippen molar-refractivity contribution in [3.8, 4) is 0 Å².